The normalized spacial score (nSPS) is 22.1. The van der Waals surface area contributed by atoms with E-state index in [9.17, 15) is 4.21 Å². The molecule has 2 unspecified atom stereocenters. The van der Waals surface area contributed by atoms with Crippen molar-refractivity contribution in [1.29, 1.82) is 0 Å². The topological polar surface area (TPSA) is 61.5 Å². The minimum atomic E-state index is -1.12. The van der Waals surface area contributed by atoms with E-state index in [4.69, 9.17) is 15.2 Å². The first-order valence-corrected chi connectivity index (χ1v) is 6.85. The molecule has 1 aromatic rings. The zero-order valence-electron chi connectivity index (χ0n) is 9.85. The van der Waals surface area contributed by atoms with Crippen molar-refractivity contribution < 1.29 is 13.7 Å². The van der Waals surface area contributed by atoms with Crippen molar-refractivity contribution in [2.45, 2.75) is 23.0 Å². The molecule has 2 N–H and O–H groups in total. The third-order valence-corrected chi connectivity index (χ3v) is 4.62. The fraction of sp³-hybridized carbons (Fsp3) is 0.500. The maximum Gasteiger partial charge on any atom is 0.120 e. The minimum absolute atomic E-state index is 0.0400. The Kier molecular flexibility index (Phi) is 4.02. The quantitative estimate of drug-likeness (QED) is 0.833. The van der Waals surface area contributed by atoms with E-state index in [0.717, 1.165) is 19.4 Å². The molecule has 0 spiro atoms. The van der Waals surface area contributed by atoms with Gasteiger partial charge in [0, 0.05) is 12.3 Å². The fourth-order valence-corrected chi connectivity index (χ4v) is 3.37. The van der Waals surface area contributed by atoms with Crippen LogP contribution < -0.4 is 10.5 Å². The Bertz CT molecular complexity index is 416. The van der Waals surface area contributed by atoms with E-state index in [2.05, 4.69) is 0 Å². The van der Waals surface area contributed by atoms with Gasteiger partial charge in [0.1, 0.15) is 5.75 Å². The standard InChI is InChI=1S/C12H17NO3S/c1-15-9-4-5-11(13)12(7-9)17(14)10-3-2-6-16-8-10/h4-5,7,10H,2-3,6,8,13H2,1H3. The molecule has 17 heavy (non-hydrogen) atoms. The molecule has 0 aromatic heterocycles. The maximum atomic E-state index is 12.4. The summed E-state index contributed by atoms with van der Waals surface area (Å²) in [4.78, 5) is 0.653. The Morgan fingerprint density at radius 2 is 2.35 bits per heavy atom. The summed E-state index contributed by atoms with van der Waals surface area (Å²) in [6, 6.07) is 5.25. The van der Waals surface area contributed by atoms with Crippen molar-refractivity contribution in [1.82, 2.24) is 0 Å². The SMILES string of the molecule is COc1ccc(N)c(S(=O)C2CCCOC2)c1. The van der Waals surface area contributed by atoms with Gasteiger partial charge in [-0.15, -0.1) is 0 Å². The van der Waals surface area contributed by atoms with Gasteiger partial charge in [-0.05, 0) is 31.0 Å². The van der Waals surface area contributed by atoms with E-state index in [1.165, 1.54) is 0 Å². The number of rotatable bonds is 3. The molecule has 2 atom stereocenters. The van der Waals surface area contributed by atoms with Crippen LogP contribution >= 0.6 is 0 Å². The summed E-state index contributed by atoms with van der Waals surface area (Å²) in [6.45, 7) is 1.31. The highest BCUT2D eigenvalue weighted by Crippen LogP contribution is 2.27. The molecule has 2 rings (SSSR count). The van der Waals surface area contributed by atoms with Gasteiger partial charge in [-0.25, -0.2) is 0 Å². The van der Waals surface area contributed by atoms with E-state index < -0.39 is 10.8 Å². The number of methoxy groups -OCH3 is 1. The lowest BCUT2D eigenvalue weighted by atomic mass is 10.2. The zero-order chi connectivity index (χ0) is 12.3. The van der Waals surface area contributed by atoms with Gasteiger partial charge in [0.25, 0.3) is 0 Å². The highest BCUT2D eigenvalue weighted by Gasteiger charge is 2.23. The Labute approximate surface area is 104 Å². The molecule has 4 nitrogen and oxygen atoms in total. The van der Waals surface area contributed by atoms with Gasteiger partial charge in [0.15, 0.2) is 0 Å². The van der Waals surface area contributed by atoms with Crippen LogP contribution in [0.1, 0.15) is 12.8 Å². The highest BCUT2D eigenvalue weighted by atomic mass is 32.2. The van der Waals surface area contributed by atoms with Crippen molar-refractivity contribution >= 4 is 16.5 Å². The summed E-state index contributed by atoms with van der Waals surface area (Å²) in [6.07, 6.45) is 1.88. The van der Waals surface area contributed by atoms with Crippen molar-refractivity contribution in [2.75, 3.05) is 26.1 Å². The van der Waals surface area contributed by atoms with Crippen molar-refractivity contribution in [3.63, 3.8) is 0 Å². The van der Waals surface area contributed by atoms with E-state index in [-0.39, 0.29) is 5.25 Å². The summed E-state index contributed by atoms with van der Waals surface area (Å²) >= 11 is 0. The molecular formula is C12H17NO3S. The lowest BCUT2D eigenvalue weighted by Crippen LogP contribution is -2.27. The lowest BCUT2D eigenvalue weighted by Gasteiger charge is -2.22. The van der Waals surface area contributed by atoms with E-state index in [0.29, 0.717) is 22.9 Å². The molecule has 0 saturated carbocycles. The van der Waals surface area contributed by atoms with Crippen LogP contribution in [0.2, 0.25) is 0 Å². The zero-order valence-corrected chi connectivity index (χ0v) is 10.7. The number of hydrogen-bond donors (Lipinski definition) is 1. The third kappa shape index (κ3) is 2.79. The highest BCUT2D eigenvalue weighted by molar-refractivity contribution is 7.85. The number of nitrogens with two attached hydrogens (primary N) is 1. The van der Waals surface area contributed by atoms with Crippen molar-refractivity contribution in [2.24, 2.45) is 0 Å². The first-order valence-electron chi connectivity index (χ1n) is 5.64. The van der Waals surface area contributed by atoms with Crippen LogP contribution in [0.5, 0.6) is 5.75 Å². The molecule has 0 amide bonds. The van der Waals surface area contributed by atoms with Crippen molar-refractivity contribution in [3.8, 4) is 5.75 Å². The monoisotopic (exact) mass is 255 g/mol. The average Bonchev–Trinajstić information content (AvgIpc) is 2.39. The second-order valence-electron chi connectivity index (χ2n) is 4.04. The van der Waals surface area contributed by atoms with Gasteiger partial charge in [-0.2, -0.15) is 0 Å². The van der Waals surface area contributed by atoms with Crippen LogP contribution in [-0.2, 0) is 15.5 Å². The fourth-order valence-electron chi connectivity index (χ4n) is 1.88. The van der Waals surface area contributed by atoms with Gasteiger partial charge in [0.05, 0.1) is 34.7 Å². The van der Waals surface area contributed by atoms with E-state index >= 15 is 0 Å². The van der Waals surface area contributed by atoms with Crippen LogP contribution in [0.4, 0.5) is 5.69 Å². The van der Waals surface area contributed by atoms with Crippen LogP contribution in [-0.4, -0.2) is 29.8 Å². The first kappa shape index (κ1) is 12.4. The molecule has 1 fully saturated rings. The number of hydrogen-bond acceptors (Lipinski definition) is 4. The lowest BCUT2D eigenvalue weighted by molar-refractivity contribution is 0.100. The van der Waals surface area contributed by atoms with E-state index in [1.54, 1.807) is 25.3 Å². The molecule has 1 aromatic carbocycles. The van der Waals surface area contributed by atoms with E-state index in [1.807, 2.05) is 0 Å². The summed E-state index contributed by atoms with van der Waals surface area (Å²) in [5, 5.41) is 0.0400. The molecule has 0 radical (unpaired) electrons. The predicted molar refractivity (Wildman–Crippen MR) is 67.7 cm³/mol. The molecule has 1 saturated heterocycles. The van der Waals surface area contributed by atoms with Crippen LogP contribution in [0.3, 0.4) is 0 Å². The molecule has 1 heterocycles. The Hall–Kier alpha value is -1.07. The maximum absolute atomic E-state index is 12.4. The molecule has 0 bridgehead atoms. The van der Waals surface area contributed by atoms with Gasteiger partial charge in [-0.3, -0.25) is 4.21 Å². The van der Waals surface area contributed by atoms with Crippen molar-refractivity contribution in [3.05, 3.63) is 18.2 Å². The molecule has 0 aliphatic carbocycles. The largest absolute Gasteiger partial charge is 0.497 e. The number of nitrogen functional groups attached to an aromatic ring is 1. The number of ether oxygens (including phenoxy) is 2. The number of benzene rings is 1. The average molecular weight is 255 g/mol. The predicted octanol–water partition coefficient (Wildman–Crippen LogP) is 1.56. The molecule has 1 aliphatic heterocycles. The molecule has 1 aliphatic rings. The second kappa shape index (κ2) is 5.51. The Balaban J connectivity index is 2.22. The number of anilines is 1. The van der Waals surface area contributed by atoms with Gasteiger partial charge >= 0.3 is 0 Å². The van der Waals surface area contributed by atoms with Crippen LogP contribution in [0.15, 0.2) is 23.1 Å². The van der Waals surface area contributed by atoms with Gasteiger partial charge in [0.2, 0.25) is 0 Å². The second-order valence-corrected chi connectivity index (χ2v) is 5.74. The smallest absolute Gasteiger partial charge is 0.120 e. The summed E-state index contributed by atoms with van der Waals surface area (Å²) < 4.78 is 22.9. The van der Waals surface area contributed by atoms with Crippen LogP contribution in [0.25, 0.3) is 0 Å². The van der Waals surface area contributed by atoms with Crippen LogP contribution in [0, 0.1) is 0 Å². The Morgan fingerprint density at radius 3 is 3.00 bits per heavy atom. The Morgan fingerprint density at radius 1 is 1.53 bits per heavy atom. The first-order chi connectivity index (χ1) is 8.22. The van der Waals surface area contributed by atoms with Gasteiger partial charge < -0.3 is 15.2 Å². The summed E-state index contributed by atoms with van der Waals surface area (Å²) in [5.41, 5.74) is 6.41. The van der Waals surface area contributed by atoms with Gasteiger partial charge in [-0.1, -0.05) is 0 Å². The molecule has 94 valence electrons. The summed E-state index contributed by atoms with van der Waals surface area (Å²) in [7, 11) is 0.462. The minimum Gasteiger partial charge on any atom is -0.497 e. The third-order valence-electron chi connectivity index (χ3n) is 2.86. The summed E-state index contributed by atoms with van der Waals surface area (Å²) in [5.74, 6) is 0.680. The molecular weight excluding hydrogens is 238 g/mol. The molecule has 5 heteroatoms.